The van der Waals surface area contributed by atoms with Gasteiger partial charge in [0.25, 0.3) is 0 Å². The first-order chi connectivity index (χ1) is 11.6. The quantitative estimate of drug-likeness (QED) is 0.920. The van der Waals surface area contributed by atoms with Crippen LogP contribution < -0.4 is 10.2 Å². The van der Waals surface area contributed by atoms with E-state index in [2.05, 4.69) is 35.0 Å². The first kappa shape index (κ1) is 17.2. The van der Waals surface area contributed by atoms with Crippen molar-refractivity contribution in [2.75, 3.05) is 56.2 Å². The second-order valence-electron chi connectivity index (χ2n) is 7.30. The number of para-hydroxylation sites is 2. The second-order valence-corrected chi connectivity index (χ2v) is 7.30. The molecule has 1 aromatic carbocycles. The maximum Gasteiger partial charge on any atom is 0.238 e. The van der Waals surface area contributed by atoms with Crippen LogP contribution in [0.5, 0.6) is 0 Å². The maximum atomic E-state index is 12.5. The van der Waals surface area contributed by atoms with Gasteiger partial charge in [-0.2, -0.15) is 0 Å². The Hall–Kier alpha value is -1.59. The highest BCUT2D eigenvalue weighted by Crippen LogP contribution is 2.26. The Morgan fingerprint density at radius 3 is 2.54 bits per heavy atom. The highest BCUT2D eigenvalue weighted by molar-refractivity contribution is 5.95. The first-order valence-electron chi connectivity index (χ1n) is 9.05. The van der Waals surface area contributed by atoms with E-state index in [0.717, 1.165) is 50.8 Å². The van der Waals surface area contributed by atoms with Crippen LogP contribution in [0.3, 0.4) is 0 Å². The predicted molar refractivity (Wildman–Crippen MR) is 97.5 cm³/mol. The number of likely N-dealkylation sites (tertiary alicyclic amines) is 1. The molecule has 5 heteroatoms. The van der Waals surface area contributed by atoms with Crippen molar-refractivity contribution in [2.24, 2.45) is 11.8 Å². The minimum atomic E-state index is 0.0806. The molecule has 0 spiro atoms. The van der Waals surface area contributed by atoms with Crippen LogP contribution in [0.4, 0.5) is 11.4 Å². The fraction of sp³-hybridized carbons (Fsp3) is 0.632. The molecule has 0 radical (unpaired) electrons. The van der Waals surface area contributed by atoms with E-state index in [1.165, 1.54) is 6.42 Å². The molecule has 2 atom stereocenters. The lowest BCUT2D eigenvalue weighted by atomic mass is 9.92. The van der Waals surface area contributed by atoms with Crippen molar-refractivity contribution in [1.82, 2.24) is 4.90 Å². The Kier molecular flexibility index (Phi) is 5.74. The number of nitrogens with zero attached hydrogens (tertiary/aromatic N) is 2. The normalized spacial score (nSPS) is 25.5. The summed E-state index contributed by atoms with van der Waals surface area (Å²) in [5.74, 6) is 1.42. The van der Waals surface area contributed by atoms with Crippen molar-refractivity contribution in [3.8, 4) is 0 Å². The molecule has 2 saturated heterocycles. The fourth-order valence-electron chi connectivity index (χ4n) is 3.97. The van der Waals surface area contributed by atoms with E-state index in [-0.39, 0.29) is 5.91 Å². The summed E-state index contributed by atoms with van der Waals surface area (Å²) in [6.07, 6.45) is 1.26. The predicted octanol–water partition coefficient (Wildman–Crippen LogP) is 2.44. The summed E-state index contributed by atoms with van der Waals surface area (Å²) in [5, 5.41) is 3.12. The molecule has 1 amide bonds. The van der Waals surface area contributed by atoms with Gasteiger partial charge >= 0.3 is 0 Å². The summed E-state index contributed by atoms with van der Waals surface area (Å²) in [5.41, 5.74) is 2.00. The molecule has 0 unspecified atom stereocenters. The van der Waals surface area contributed by atoms with E-state index in [1.807, 2.05) is 18.2 Å². The third kappa shape index (κ3) is 4.48. The third-order valence-electron chi connectivity index (χ3n) is 4.84. The minimum Gasteiger partial charge on any atom is -0.378 e. The maximum absolute atomic E-state index is 12.5. The minimum absolute atomic E-state index is 0.0806. The lowest BCUT2D eigenvalue weighted by molar-refractivity contribution is -0.117. The van der Waals surface area contributed by atoms with Gasteiger partial charge in [-0.05, 0) is 30.4 Å². The van der Waals surface area contributed by atoms with E-state index < -0.39 is 0 Å². The van der Waals surface area contributed by atoms with Crippen molar-refractivity contribution in [3.63, 3.8) is 0 Å². The van der Waals surface area contributed by atoms with Gasteiger partial charge in [0.15, 0.2) is 0 Å². The van der Waals surface area contributed by atoms with Crippen LogP contribution in [0, 0.1) is 11.8 Å². The van der Waals surface area contributed by atoms with Gasteiger partial charge in [-0.15, -0.1) is 0 Å². The van der Waals surface area contributed by atoms with Crippen LogP contribution in [0.1, 0.15) is 20.3 Å². The average Bonchev–Trinajstić information content (AvgIpc) is 2.55. The SMILES string of the molecule is C[C@@H]1C[C@@H](C)CN(CC(=O)Nc2ccccc2N2CCOCC2)C1. The summed E-state index contributed by atoms with van der Waals surface area (Å²) < 4.78 is 5.43. The van der Waals surface area contributed by atoms with E-state index in [4.69, 9.17) is 4.74 Å². The zero-order valence-corrected chi connectivity index (χ0v) is 14.8. The molecule has 2 aliphatic rings. The van der Waals surface area contributed by atoms with Crippen LogP contribution in [0.15, 0.2) is 24.3 Å². The molecule has 2 fully saturated rings. The Labute approximate surface area is 145 Å². The largest absolute Gasteiger partial charge is 0.378 e. The number of rotatable bonds is 4. The number of morpholine rings is 1. The van der Waals surface area contributed by atoms with Crippen LogP contribution >= 0.6 is 0 Å². The average molecular weight is 331 g/mol. The number of benzene rings is 1. The Morgan fingerprint density at radius 1 is 1.17 bits per heavy atom. The Bertz CT molecular complexity index is 547. The number of anilines is 2. The molecule has 0 aromatic heterocycles. The second kappa shape index (κ2) is 7.99. The molecule has 1 N–H and O–H groups in total. The first-order valence-corrected chi connectivity index (χ1v) is 9.05. The van der Waals surface area contributed by atoms with Gasteiger partial charge in [-0.3, -0.25) is 9.69 Å². The number of nitrogens with one attached hydrogen (secondary N) is 1. The number of ether oxygens (including phenoxy) is 1. The Balaban J connectivity index is 1.62. The van der Waals surface area contributed by atoms with Crippen molar-refractivity contribution in [3.05, 3.63) is 24.3 Å². The van der Waals surface area contributed by atoms with Crippen molar-refractivity contribution in [2.45, 2.75) is 20.3 Å². The van der Waals surface area contributed by atoms with Gasteiger partial charge in [0.1, 0.15) is 0 Å². The zero-order chi connectivity index (χ0) is 16.9. The molecule has 3 rings (SSSR count). The van der Waals surface area contributed by atoms with E-state index in [1.54, 1.807) is 0 Å². The fourth-order valence-corrected chi connectivity index (χ4v) is 3.97. The lowest BCUT2D eigenvalue weighted by Gasteiger charge is -2.34. The monoisotopic (exact) mass is 331 g/mol. The summed E-state index contributed by atoms with van der Waals surface area (Å²) in [4.78, 5) is 17.1. The summed E-state index contributed by atoms with van der Waals surface area (Å²) in [7, 11) is 0. The summed E-state index contributed by atoms with van der Waals surface area (Å²) >= 11 is 0. The van der Waals surface area contributed by atoms with Crippen molar-refractivity contribution in [1.29, 1.82) is 0 Å². The molecule has 2 aliphatic heterocycles. The number of piperidine rings is 1. The number of hydrogen-bond acceptors (Lipinski definition) is 4. The van der Waals surface area contributed by atoms with Gasteiger partial charge in [0.05, 0.1) is 31.1 Å². The molecule has 132 valence electrons. The van der Waals surface area contributed by atoms with E-state index >= 15 is 0 Å². The van der Waals surface area contributed by atoms with Crippen LogP contribution in [0.25, 0.3) is 0 Å². The molecule has 5 nitrogen and oxygen atoms in total. The topological polar surface area (TPSA) is 44.8 Å². The molecule has 2 heterocycles. The standard InChI is InChI=1S/C19H29N3O2/c1-15-11-16(2)13-21(12-15)14-19(23)20-17-5-3-4-6-18(17)22-7-9-24-10-8-22/h3-6,15-16H,7-14H2,1-2H3,(H,20,23)/t15-,16-/m1/s1. The zero-order valence-electron chi connectivity index (χ0n) is 14.8. The van der Waals surface area contributed by atoms with Crippen LogP contribution in [0.2, 0.25) is 0 Å². The molecular weight excluding hydrogens is 302 g/mol. The molecule has 24 heavy (non-hydrogen) atoms. The number of amides is 1. The van der Waals surface area contributed by atoms with Crippen molar-refractivity contribution < 1.29 is 9.53 Å². The molecule has 0 aliphatic carbocycles. The van der Waals surface area contributed by atoms with Gasteiger partial charge in [0, 0.05) is 26.2 Å². The lowest BCUT2D eigenvalue weighted by Crippen LogP contribution is -2.43. The van der Waals surface area contributed by atoms with Gasteiger partial charge in [-0.25, -0.2) is 0 Å². The van der Waals surface area contributed by atoms with Crippen LogP contribution in [-0.4, -0.2) is 56.7 Å². The number of carbonyl (C=O) groups excluding carboxylic acids is 1. The molecule has 1 aromatic rings. The third-order valence-corrected chi connectivity index (χ3v) is 4.84. The smallest absolute Gasteiger partial charge is 0.238 e. The molecule has 0 saturated carbocycles. The number of carbonyl (C=O) groups is 1. The van der Waals surface area contributed by atoms with Gasteiger partial charge in [-0.1, -0.05) is 26.0 Å². The molecular formula is C19H29N3O2. The van der Waals surface area contributed by atoms with E-state index in [0.29, 0.717) is 18.4 Å². The van der Waals surface area contributed by atoms with E-state index in [9.17, 15) is 4.79 Å². The number of hydrogen-bond donors (Lipinski definition) is 1. The summed E-state index contributed by atoms with van der Waals surface area (Å²) in [6, 6.07) is 8.06. The Morgan fingerprint density at radius 2 is 1.83 bits per heavy atom. The summed E-state index contributed by atoms with van der Waals surface area (Å²) in [6.45, 7) is 10.3. The van der Waals surface area contributed by atoms with Crippen LogP contribution in [-0.2, 0) is 9.53 Å². The molecule has 0 bridgehead atoms. The highest BCUT2D eigenvalue weighted by atomic mass is 16.5. The van der Waals surface area contributed by atoms with Gasteiger partial charge < -0.3 is 15.0 Å². The van der Waals surface area contributed by atoms with Gasteiger partial charge in [0.2, 0.25) is 5.91 Å². The highest BCUT2D eigenvalue weighted by Gasteiger charge is 2.23. The van der Waals surface area contributed by atoms with Crippen molar-refractivity contribution >= 4 is 17.3 Å².